The van der Waals surface area contributed by atoms with Crippen LogP contribution in [0.4, 0.5) is 34.1 Å². The monoisotopic (exact) mass is 1490 g/mol. The van der Waals surface area contributed by atoms with Crippen LogP contribution in [-0.2, 0) is 16.2 Å². The number of aromatic nitrogens is 2. The Balaban J connectivity index is 1.00. The molecule has 2 aromatic heterocycles. The van der Waals surface area contributed by atoms with Crippen LogP contribution in [0.25, 0.3) is 143 Å². The molecule has 19 aromatic rings. The van der Waals surface area contributed by atoms with Gasteiger partial charge in [-0.25, -0.2) is 0 Å². The Kier molecular flexibility index (Phi) is 12.4. The second kappa shape index (κ2) is 26.6. The summed E-state index contributed by atoms with van der Waals surface area (Å²) in [6, 6.07) is 79.0. The first-order valence-electron chi connectivity index (χ1n) is 47.8. The highest BCUT2D eigenvalue weighted by Gasteiger charge is 2.47. The number of benzene rings is 17. The van der Waals surface area contributed by atoms with Gasteiger partial charge in [0.1, 0.15) is 0 Å². The van der Waals surface area contributed by atoms with Gasteiger partial charge in [0.25, 0.3) is 6.71 Å². The fraction of sp³-hybridized carbons (Fsp3) is 0.109. The molecule has 4 heterocycles. The lowest BCUT2D eigenvalue weighted by Gasteiger charge is -2.46. The highest BCUT2D eigenvalue weighted by atomic mass is 15.2. The molecule has 0 fully saturated rings. The number of fused-ring (bicyclic) bond motifs is 13. The molecule has 2 aliphatic heterocycles. The topological polar surface area (TPSA) is 16.3 Å². The van der Waals surface area contributed by atoms with Gasteiger partial charge < -0.3 is 18.9 Å². The van der Waals surface area contributed by atoms with Crippen molar-refractivity contribution in [3.05, 3.63) is 380 Å². The largest absolute Gasteiger partial charge is 0.310 e. The van der Waals surface area contributed by atoms with E-state index < -0.39 is 65.9 Å². The Hall–Kier alpha value is -13.5. The van der Waals surface area contributed by atoms with Gasteiger partial charge in [-0.3, -0.25) is 0 Å². The Labute approximate surface area is 698 Å². The third-order valence-corrected chi connectivity index (χ3v) is 23.4. The standard InChI is InChI=1S/C110H87BN4/c1-108(2,3)79-42-28-41-78(61-79)92-64-80(109(4,5)6)65-93(91-48-29-40-75-52-51-74-39-22-23-43-84(74)104(75)91)107(92)115-101-69-83(113-97-50-27-25-45-88(97)90-58-54-77(63-99(90)113)71-33-16-11-17-34-71)56-60-95(101)111-94-59-55-82(112-96-49-26-24-44-87(96)89-57-53-76(62-98(89)112)70-31-14-10-15-32-70)68-100(94)114(102-66-81(110(7,8)9)67-103(115)105(102)111)106-85(72-35-18-12-19-36-72)46-30-47-86(106)73-37-20-13-21-38-73/h10-69H,1-9H3/i24D,25D,26D,27D,30D,44D,45D,46D,47D,49D,50D,53D,54D,57D,58D,62D,63D. The lowest BCUT2D eigenvalue weighted by atomic mass is 9.33. The second-order valence-corrected chi connectivity index (χ2v) is 33.5. The van der Waals surface area contributed by atoms with Crippen LogP contribution < -0.4 is 26.2 Å². The minimum atomic E-state index is -0.895. The summed E-state index contributed by atoms with van der Waals surface area (Å²) in [5.74, 6) is 0. The van der Waals surface area contributed by atoms with E-state index in [1.165, 1.54) is 0 Å². The van der Waals surface area contributed by atoms with Gasteiger partial charge >= 0.3 is 0 Å². The molecule has 21 rings (SSSR count). The molecular formula is C110H87BN4. The predicted octanol–water partition coefficient (Wildman–Crippen LogP) is 28.2. The summed E-state index contributed by atoms with van der Waals surface area (Å²) in [7, 11) is 0. The molecule has 4 nitrogen and oxygen atoms in total. The Bertz CT molecular complexity index is 8170. The molecule has 0 bridgehead atoms. The minimum absolute atomic E-state index is 0.00554. The van der Waals surface area contributed by atoms with E-state index in [1.807, 2.05) is 109 Å². The van der Waals surface area contributed by atoms with Crippen molar-refractivity contribution in [3.8, 4) is 78.1 Å². The van der Waals surface area contributed by atoms with Gasteiger partial charge in [-0.15, -0.1) is 0 Å². The van der Waals surface area contributed by atoms with Gasteiger partial charge in [0.15, 0.2) is 0 Å². The third kappa shape index (κ3) is 11.4. The van der Waals surface area contributed by atoms with E-state index in [4.69, 9.17) is 0 Å². The van der Waals surface area contributed by atoms with Crippen LogP contribution in [0.15, 0.2) is 364 Å². The second-order valence-electron chi connectivity index (χ2n) is 33.5. The highest BCUT2D eigenvalue weighted by Crippen LogP contribution is 2.56. The molecule has 0 atom stereocenters. The molecule has 0 N–H and O–H groups in total. The van der Waals surface area contributed by atoms with Crippen molar-refractivity contribution >= 4 is 122 Å². The number of nitrogens with zero attached hydrogens (tertiary/aromatic N) is 4. The van der Waals surface area contributed by atoms with Crippen molar-refractivity contribution in [2.75, 3.05) is 9.80 Å². The summed E-state index contributed by atoms with van der Waals surface area (Å²) in [6.45, 7) is 18.8. The number of hydrogen-bond acceptors (Lipinski definition) is 2. The molecule has 5 heteroatoms. The van der Waals surface area contributed by atoms with Crippen molar-refractivity contribution in [1.29, 1.82) is 0 Å². The quantitative estimate of drug-likeness (QED) is 0.100. The third-order valence-electron chi connectivity index (χ3n) is 23.4. The normalized spacial score (nSPS) is 14.9. The minimum Gasteiger partial charge on any atom is -0.310 e. The van der Waals surface area contributed by atoms with Gasteiger partial charge in [-0.1, -0.05) is 353 Å². The summed E-state index contributed by atoms with van der Waals surface area (Å²) in [5, 5.41) is 3.86. The molecular weight excluding hydrogens is 1390 g/mol. The molecule has 115 heavy (non-hydrogen) atoms. The molecule has 0 aliphatic carbocycles. The van der Waals surface area contributed by atoms with Crippen molar-refractivity contribution in [2.45, 2.75) is 78.6 Å². The maximum atomic E-state index is 10.7. The summed E-state index contributed by atoms with van der Waals surface area (Å²) in [4.78, 5) is 4.49. The van der Waals surface area contributed by atoms with E-state index in [2.05, 4.69) is 175 Å². The molecule has 2 aliphatic rings. The van der Waals surface area contributed by atoms with Crippen LogP contribution in [-0.4, -0.2) is 15.8 Å². The van der Waals surface area contributed by atoms with Crippen LogP contribution in [0, 0.1) is 0 Å². The first-order valence-corrected chi connectivity index (χ1v) is 39.3. The van der Waals surface area contributed by atoms with Gasteiger partial charge in [-0.05, 0) is 188 Å². The van der Waals surface area contributed by atoms with Gasteiger partial charge in [0.05, 0.1) is 56.7 Å². The first kappa shape index (κ1) is 53.5. The molecule has 17 aromatic carbocycles. The molecule has 0 saturated carbocycles. The lowest BCUT2D eigenvalue weighted by Crippen LogP contribution is -2.61. The zero-order chi connectivity index (χ0) is 92.5. The van der Waals surface area contributed by atoms with E-state index in [-0.39, 0.29) is 120 Å². The van der Waals surface area contributed by atoms with Crippen LogP contribution in [0.3, 0.4) is 0 Å². The Morgan fingerprint density at radius 1 is 0.270 bits per heavy atom. The number of para-hydroxylation sites is 3. The van der Waals surface area contributed by atoms with Crippen molar-refractivity contribution in [3.63, 3.8) is 0 Å². The summed E-state index contributed by atoms with van der Waals surface area (Å²) in [6.07, 6.45) is 0. The van der Waals surface area contributed by atoms with Crippen molar-refractivity contribution in [2.24, 2.45) is 0 Å². The maximum Gasteiger partial charge on any atom is 0.252 e. The van der Waals surface area contributed by atoms with Crippen LogP contribution in [0.2, 0.25) is 0 Å². The summed E-state index contributed by atoms with van der Waals surface area (Å²) < 4.78 is 174. The SMILES string of the molecule is [2H]c1c([2H])c(-c2ccccc2)c(N2c3cc(-n4c5c([2H])c([2H])c([2H])c([2H])c5c5c([2H])c([2H])c(-c6ccccc6)c([2H])c54)ccc3B3c4ccc(-n5c6c([2H])c([2H])c([2H])c([2H])c6c6c([2H])c([2H])c(-c7ccccc7)c([2H])c65)cc4N(c4c(-c5cccc(C(C)(C)C)c5)cc(C(C)(C)C)cc4-c4cccc5ccc6ccccc6c45)c4cc(C(C)(C)C)cc2c43)c(-c2ccccc2)c1[2H]. The van der Waals surface area contributed by atoms with E-state index in [1.54, 1.807) is 57.7 Å². The molecule has 550 valence electrons. The number of rotatable bonds is 10. The molecule has 0 amide bonds. The maximum absolute atomic E-state index is 10.7. The molecule has 0 radical (unpaired) electrons. The Morgan fingerprint density at radius 2 is 0.704 bits per heavy atom. The zero-order valence-corrected chi connectivity index (χ0v) is 65.2. The van der Waals surface area contributed by atoms with Gasteiger partial charge in [0, 0.05) is 77.9 Å². The molecule has 0 spiro atoms. The smallest absolute Gasteiger partial charge is 0.252 e. The summed E-state index contributed by atoms with van der Waals surface area (Å²) >= 11 is 0. The highest BCUT2D eigenvalue weighted by molar-refractivity contribution is 7.00. The van der Waals surface area contributed by atoms with Crippen molar-refractivity contribution < 1.29 is 23.3 Å². The fourth-order valence-corrected chi connectivity index (χ4v) is 17.6. The average molecular weight is 1490 g/mol. The summed E-state index contributed by atoms with van der Waals surface area (Å²) in [5.41, 5.74) is 13.5. The van der Waals surface area contributed by atoms with Crippen molar-refractivity contribution in [1.82, 2.24) is 9.13 Å². The van der Waals surface area contributed by atoms with E-state index in [0.29, 0.717) is 78.4 Å². The fourth-order valence-electron chi connectivity index (χ4n) is 17.6. The Morgan fingerprint density at radius 3 is 1.23 bits per heavy atom. The number of hydrogen-bond donors (Lipinski definition) is 0. The average Bonchev–Trinajstić information content (AvgIpc) is 1.08. The van der Waals surface area contributed by atoms with Gasteiger partial charge in [-0.2, -0.15) is 0 Å². The van der Waals surface area contributed by atoms with E-state index >= 15 is 0 Å². The van der Waals surface area contributed by atoms with Crippen LogP contribution >= 0.6 is 0 Å². The number of anilines is 6. The predicted molar refractivity (Wildman–Crippen MR) is 493 cm³/mol. The molecule has 0 unspecified atom stereocenters. The zero-order valence-electron chi connectivity index (χ0n) is 82.2. The van der Waals surface area contributed by atoms with Gasteiger partial charge in [0.2, 0.25) is 0 Å². The van der Waals surface area contributed by atoms with Crippen LogP contribution in [0.5, 0.6) is 0 Å². The van der Waals surface area contributed by atoms with E-state index in [9.17, 15) is 23.3 Å². The van der Waals surface area contributed by atoms with Crippen LogP contribution in [0.1, 0.15) is 102 Å². The van der Waals surface area contributed by atoms with E-state index in [0.717, 1.165) is 71.6 Å². The lowest BCUT2D eigenvalue weighted by molar-refractivity contribution is 0.589. The molecule has 0 saturated heterocycles. The first-order chi connectivity index (χ1) is 63.1.